The summed E-state index contributed by atoms with van der Waals surface area (Å²) >= 11 is 3.07. The number of carbonyl (C=O) groups excluding carboxylic acids is 1. The molecular weight excluding hydrogens is 312 g/mol. The molecule has 1 aromatic heterocycles. The topological polar surface area (TPSA) is 42.0 Å². The van der Waals surface area contributed by atoms with Crippen LogP contribution in [0.15, 0.2) is 52.2 Å². The number of aromatic nitrogens is 1. The van der Waals surface area contributed by atoms with Gasteiger partial charge in [0.2, 0.25) is 5.91 Å². The molecule has 1 atom stereocenters. The van der Waals surface area contributed by atoms with Gasteiger partial charge in [-0.3, -0.25) is 4.79 Å². The number of amides is 1. The zero-order chi connectivity index (χ0) is 15.5. The second kappa shape index (κ2) is 6.50. The first-order valence-electron chi connectivity index (χ1n) is 7.00. The van der Waals surface area contributed by atoms with Gasteiger partial charge in [0, 0.05) is 16.8 Å². The summed E-state index contributed by atoms with van der Waals surface area (Å²) in [5.41, 5.74) is 1.82. The normalized spacial score (nSPS) is 12.3. The van der Waals surface area contributed by atoms with Crippen LogP contribution in [-0.2, 0) is 4.79 Å². The third kappa shape index (κ3) is 3.48. The lowest BCUT2D eigenvalue weighted by molar-refractivity contribution is -0.115. The number of thioether (sulfide) groups is 1. The maximum Gasteiger partial charge on any atom is 0.237 e. The summed E-state index contributed by atoms with van der Waals surface area (Å²) in [6.07, 6.45) is 0. The molecule has 0 bridgehead atoms. The number of thiazole rings is 1. The number of nitrogens with zero attached hydrogens (tertiary/aromatic N) is 1. The van der Waals surface area contributed by atoms with Crippen molar-refractivity contribution in [1.82, 2.24) is 4.98 Å². The third-order valence-corrected chi connectivity index (χ3v) is 5.45. The molecule has 1 unspecified atom stereocenters. The number of aryl methyl sites for hydroxylation is 1. The van der Waals surface area contributed by atoms with Gasteiger partial charge >= 0.3 is 0 Å². The van der Waals surface area contributed by atoms with Crippen molar-refractivity contribution in [2.75, 3.05) is 5.32 Å². The van der Waals surface area contributed by atoms with Crippen molar-refractivity contribution >= 4 is 45.5 Å². The SMILES string of the molecule is Cc1csc(SC(C)C(=O)Nc2ccc3ccccc3c2)n1. The fourth-order valence-electron chi connectivity index (χ4n) is 2.10. The van der Waals surface area contributed by atoms with Crippen molar-refractivity contribution in [3.63, 3.8) is 0 Å². The van der Waals surface area contributed by atoms with Crippen molar-refractivity contribution in [1.29, 1.82) is 0 Å². The number of anilines is 1. The Kier molecular flexibility index (Phi) is 4.45. The highest BCUT2D eigenvalue weighted by Crippen LogP contribution is 2.27. The van der Waals surface area contributed by atoms with Gasteiger partial charge in [0.05, 0.1) is 5.25 Å². The van der Waals surface area contributed by atoms with E-state index in [-0.39, 0.29) is 11.2 Å². The van der Waals surface area contributed by atoms with Gasteiger partial charge in [-0.2, -0.15) is 0 Å². The molecular formula is C17H16N2OS2. The van der Waals surface area contributed by atoms with E-state index in [1.165, 1.54) is 17.1 Å². The largest absolute Gasteiger partial charge is 0.325 e. The highest BCUT2D eigenvalue weighted by atomic mass is 32.2. The van der Waals surface area contributed by atoms with Gasteiger partial charge < -0.3 is 5.32 Å². The first-order chi connectivity index (χ1) is 10.6. The number of rotatable bonds is 4. The first kappa shape index (κ1) is 15.1. The van der Waals surface area contributed by atoms with Crippen LogP contribution in [0.5, 0.6) is 0 Å². The molecule has 1 heterocycles. The Balaban J connectivity index is 1.69. The van der Waals surface area contributed by atoms with Gasteiger partial charge in [-0.25, -0.2) is 4.98 Å². The standard InChI is InChI=1S/C17H16N2OS2/c1-11-10-21-17(18-11)22-12(2)16(20)19-15-8-7-13-5-3-4-6-14(13)9-15/h3-10,12H,1-2H3,(H,19,20). The van der Waals surface area contributed by atoms with Crippen molar-refractivity contribution in [2.45, 2.75) is 23.4 Å². The number of fused-ring (bicyclic) bond motifs is 1. The molecule has 1 N–H and O–H groups in total. The monoisotopic (exact) mass is 328 g/mol. The van der Waals surface area contributed by atoms with Gasteiger partial charge in [-0.1, -0.05) is 42.1 Å². The molecule has 0 saturated heterocycles. The average molecular weight is 328 g/mol. The Labute approximate surface area is 137 Å². The Morgan fingerprint density at radius 1 is 1.23 bits per heavy atom. The quantitative estimate of drug-likeness (QED) is 0.704. The second-order valence-corrected chi connectivity index (χ2v) is 7.51. The summed E-state index contributed by atoms with van der Waals surface area (Å²) in [7, 11) is 0. The van der Waals surface area contributed by atoms with Crippen molar-refractivity contribution < 1.29 is 4.79 Å². The van der Waals surface area contributed by atoms with Crippen molar-refractivity contribution in [3.8, 4) is 0 Å². The van der Waals surface area contributed by atoms with Crippen LogP contribution >= 0.6 is 23.1 Å². The van der Waals surface area contributed by atoms with Crippen LogP contribution in [0.4, 0.5) is 5.69 Å². The average Bonchev–Trinajstić information content (AvgIpc) is 2.92. The van der Waals surface area contributed by atoms with Crippen LogP contribution in [0.2, 0.25) is 0 Å². The molecule has 112 valence electrons. The van der Waals surface area contributed by atoms with E-state index in [2.05, 4.69) is 16.4 Å². The maximum atomic E-state index is 12.3. The fraction of sp³-hybridized carbons (Fsp3) is 0.176. The molecule has 2 aromatic carbocycles. The van der Waals surface area contributed by atoms with E-state index in [1.54, 1.807) is 11.3 Å². The van der Waals surface area contributed by atoms with Gasteiger partial charge in [0.25, 0.3) is 0 Å². The second-order valence-electron chi connectivity index (χ2n) is 5.07. The van der Waals surface area contributed by atoms with Crippen molar-refractivity contribution in [2.24, 2.45) is 0 Å². The summed E-state index contributed by atoms with van der Waals surface area (Å²) in [5, 5.41) is 7.08. The fourth-order valence-corrected chi connectivity index (χ4v) is 4.09. The minimum atomic E-state index is -0.183. The van der Waals surface area contributed by atoms with E-state index in [0.29, 0.717) is 0 Å². The number of benzene rings is 2. The molecule has 0 aliphatic carbocycles. The van der Waals surface area contributed by atoms with Crippen LogP contribution in [0, 0.1) is 6.92 Å². The predicted octanol–water partition coefficient (Wildman–Crippen LogP) is 4.72. The summed E-state index contributed by atoms with van der Waals surface area (Å²) in [4.78, 5) is 16.7. The Morgan fingerprint density at radius 3 is 2.73 bits per heavy atom. The van der Waals surface area contributed by atoms with E-state index < -0.39 is 0 Å². The number of nitrogens with one attached hydrogen (secondary N) is 1. The molecule has 5 heteroatoms. The zero-order valence-electron chi connectivity index (χ0n) is 12.4. The van der Waals surface area contributed by atoms with Gasteiger partial charge in [0.15, 0.2) is 4.34 Å². The molecule has 3 nitrogen and oxygen atoms in total. The van der Waals surface area contributed by atoms with E-state index in [0.717, 1.165) is 21.1 Å². The number of hydrogen-bond acceptors (Lipinski definition) is 4. The molecule has 0 aliphatic rings. The molecule has 22 heavy (non-hydrogen) atoms. The zero-order valence-corrected chi connectivity index (χ0v) is 14.0. The molecule has 3 rings (SSSR count). The smallest absolute Gasteiger partial charge is 0.237 e. The van der Waals surface area contributed by atoms with E-state index in [4.69, 9.17) is 0 Å². The maximum absolute atomic E-state index is 12.3. The number of hydrogen-bond donors (Lipinski definition) is 1. The lowest BCUT2D eigenvalue weighted by Gasteiger charge is -2.11. The van der Waals surface area contributed by atoms with Crippen LogP contribution in [0.1, 0.15) is 12.6 Å². The highest BCUT2D eigenvalue weighted by Gasteiger charge is 2.16. The van der Waals surface area contributed by atoms with Crippen LogP contribution in [0.25, 0.3) is 10.8 Å². The Hall–Kier alpha value is -1.85. The molecule has 0 saturated carbocycles. The molecule has 0 aliphatic heterocycles. The molecule has 1 amide bonds. The molecule has 3 aromatic rings. The van der Waals surface area contributed by atoms with Crippen LogP contribution < -0.4 is 5.32 Å². The molecule has 0 spiro atoms. The number of carbonyl (C=O) groups is 1. The minimum Gasteiger partial charge on any atom is -0.325 e. The summed E-state index contributed by atoms with van der Waals surface area (Å²) in [6.45, 7) is 3.86. The predicted molar refractivity (Wildman–Crippen MR) is 94.7 cm³/mol. The van der Waals surface area contributed by atoms with Gasteiger partial charge in [0.1, 0.15) is 0 Å². The van der Waals surface area contributed by atoms with Gasteiger partial charge in [-0.15, -0.1) is 11.3 Å². The van der Waals surface area contributed by atoms with E-state index in [9.17, 15) is 4.79 Å². The van der Waals surface area contributed by atoms with Crippen LogP contribution in [0.3, 0.4) is 0 Å². The summed E-state index contributed by atoms with van der Waals surface area (Å²) < 4.78 is 0.929. The van der Waals surface area contributed by atoms with E-state index >= 15 is 0 Å². The first-order valence-corrected chi connectivity index (χ1v) is 8.76. The highest BCUT2D eigenvalue weighted by molar-refractivity contribution is 8.02. The lowest BCUT2D eigenvalue weighted by atomic mass is 10.1. The molecule has 0 radical (unpaired) electrons. The molecule has 0 fully saturated rings. The summed E-state index contributed by atoms with van der Waals surface area (Å²) in [6, 6.07) is 14.1. The third-order valence-electron chi connectivity index (χ3n) is 3.26. The van der Waals surface area contributed by atoms with Crippen LogP contribution in [-0.4, -0.2) is 16.1 Å². The Morgan fingerprint density at radius 2 is 2.00 bits per heavy atom. The van der Waals surface area contributed by atoms with E-state index in [1.807, 2.05) is 55.6 Å². The van der Waals surface area contributed by atoms with Gasteiger partial charge in [-0.05, 0) is 36.8 Å². The van der Waals surface area contributed by atoms with Crippen molar-refractivity contribution in [3.05, 3.63) is 53.5 Å². The summed E-state index contributed by atoms with van der Waals surface area (Å²) in [5.74, 6) is -0.00636. The lowest BCUT2D eigenvalue weighted by Crippen LogP contribution is -2.22. The minimum absolute atomic E-state index is 0.00636. The Bertz CT molecular complexity index is 813.